The van der Waals surface area contributed by atoms with E-state index in [4.69, 9.17) is 0 Å². The molecule has 0 aromatic heterocycles. The fourth-order valence-corrected chi connectivity index (χ4v) is 2.45. The number of amides is 1. The molecular weight excluding hydrogens is 238 g/mol. The minimum atomic E-state index is 0.190. The molecule has 1 heterocycles. The summed E-state index contributed by atoms with van der Waals surface area (Å²) in [6.45, 7) is 7.76. The Morgan fingerprint density at radius 1 is 1.11 bits per heavy atom. The van der Waals surface area contributed by atoms with Gasteiger partial charge < -0.3 is 10.6 Å². The van der Waals surface area contributed by atoms with Crippen LogP contribution >= 0.6 is 0 Å². The molecule has 0 aliphatic carbocycles. The van der Waals surface area contributed by atoms with Crippen LogP contribution in [0.2, 0.25) is 0 Å². The average molecular weight is 269 g/mol. The van der Waals surface area contributed by atoms with Gasteiger partial charge in [0.15, 0.2) is 0 Å². The van der Waals surface area contributed by atoms with Crippen LogP contribution in [0.5, 0.6) is 0 Å². The van der Waals surface area contributed by atoms with Gasteiger partial charge in [0, 0.05) is 19.6 Å². The number of nitrogens with one attached hydrogen (secondary N) is 2. The molecule has 0 radical (unpaired) electrons. The van der Waals surface area contributed by atoms with E-state index < -0.39 is 0 Å². The summed E-state index contributed by atoms with van der Waals surface area (Å²) in [5.74, 6) is 0.190. The lowest BCUT2D eigenvalue weighted by atomic mass is 10.1. The molecule has 1 rings (SSSR count). The quantitative estimate of drug-likeness (QED) is 0.627. The van der Waals surface area contributed by atoms with Gasteiger partial charge in [0.25, 0.3) is 0 Å². The number of carbonyl (C=O) groups is 1. The van der Waals surface area contributed by atoms with Gasteiger partial charge in [0.1, 0.15) is 0 Å². The molecule has 1 aliphatic heterocycles. The monoisotopic (exact) mass is 269 g/mol. The van der Waals surface area contributed by atoms with Crippen LogP contribution in [-0.2, 0) is 4.79 Å². The molecule has 0 spiro atoms. The standard InChI is InChI=1S/C15H31N3O/c1-2-3-4-5-6-7-10-17-15(19)14-18-12-8-9-16-11-13-18/h16H,2-14H2,1H3,(H,17,19). The van der Waals surface area contributed by atoms with Crippen molar-refractivity contribution < 1.29 is 4.79 Å². The molecule has 112 valence electrons. The van der Waals surface area contributed by atoms with Crippen molar-refractivity contribution in [3.63, 3.8) is 0 Å². The van der Waals surface area contributed by atoms with Crippen molar-refractivity contribution >= 4 is 5.91 Å². The molecule has 4 nitrogen and oxygen atoms in total. The number of unbranched alkanes of at least 4 members (excludes halogenated alkanes) is 5. The Morgan fingerprint density at radius 2 is 1.89 bits per heavy atom. The molecule has 0 saturated carbocycles. The van der Waals surface area contributed by atoms with Gasteiger partial charge in [-0.15, -0.1) is 0 Å². The molecule has 2 N–H and O–H groups in total. The molecule has 0 bridgehead atoms. The van der Waals surface area contributed by atoms with Gasteiger partial charge in [-0.2, -0.15) is 0 Å². The Hall–Kier alpha value is -0.610. The van der Waals surface area contributed by atoms with Crippen molar-refractivity contribution in [2.75, 3.05) is 39.3 Å². The minimum absolute atomic E-state index is 0.190. The third-order valence-corrected chi connectivity index (χ3v) is 3.65. The Kier molecular flexibility index (Phi) is 9.72. The summed E-state index contributed by atoms with van der Waals surface area (Å²) >= 11 is 0. The maximum atomic E-state index is 11.8. The largest absolute Gasteiger partial charge is 0.355 e. The summed E-state index contributed by atoms with van der Waals surface area (Å²) in [7, 11) is 0. The smallest absolute Gasteiger partial charge is 0.234 e. The highest BCUT2D eigenvalue weighted by Gasteiger charge is 2.11. The molecule has 0 aromatic rings. The molecule has 1 aliphatic rings. The first-order chi connectivity index (χ1) is 9.33. The summed E-state index contributed by atoms with van der Waals surface area (Å²) in [4.78, 5) is 14.0. The highest BCUT2D eigenvalue weighted by Crippen LogP contribution is 2.04. The van der Waals surface area contributed by atoms with Crippen LogP contribution in [0.25, 0.3) is 0 Å². The number of hydrogen-bond donors (Lipinski definition) is 2. The fourth-order valence-electron chi connectivity index (χ4n) is 2.45. The summed E-state index contributed by atoms with van der Waals surface area (Å²) in [5, 5.41) is 6.39. The summed E-state index contributed by atoms with van der Waals surface area (Å²) in [6.07, 6.45) is 8.79. The zero-order chi connectivity index (χ0) is 13.8. The van der Waals surface area contributed by atoms with Crippen LogP contribution in [0.3, 0.4) is 0 Å². The predicted octanol–water partition coefficient (Wildman–Crippen LogP) is 1.76. The predicted molar refractivity (Wildman–Crippen MR) is 80.3 cm³/mol. The van der Waals surface area contributed by atoms with Crippen molar-refractivity contribution in [2.45, 2.75) is 51.9 Å². The molecule has 0 unspecified atom stereocenters. The van der Waals surface area contributed by atoms with Crippen LogP contribution in [-0.4, -0.2) is 50.1 Å². The van der Waals surface area contributed by atoms with Crippen LogP contribution in [0.4, 0.5) is 0 Å². The Morgan fingerprint density at radius 3 is 2.74 bits per heavy atom. The molecule has 1 saturated heterocycles. The van der Waals surface area contributed by atoms with Crippen LogP contribution < -0.4 is 10.6 Å². The van der Waals surface area contributed by atoms with Gasteiger partial charge in [-0.25, -0.2) is 0 Å². The highest BCUT2D eigenvalue weighted by molar-refractivity contribution is 5.77. The van der Waals surface area contributed by atoms with E-state index >= 15 is 0 Å². The first-order valence-corrected chi connectivity index (χ1v) is 8.02. The summed E-state index contributed by atoms with van der Waals surface area (Å²) in [5.41, 5.74) is 0. The Balaban J connectivity index is 1.95. The van der Waals surface area contributed by atoms with E-state index in [0.717, 1.165) is 45.6 Å². The molecule has 0 aromatic carbocycles. The fraction of sp³-hybridized carbons (Fsp3) is 0.933. The minimum Gasteiger partial charge on any atom is -0.355 e. The summed E-state index contributed by atoms with van der Waals surface area (Å²) < 4.78 is 0. The van der Waals surface area contributed by atoms with Gasteiger partial charge in [-0.3, -0.25) is 9.69 Å². The van der Waals surface area contributed by atoms with E-state index in [9.17, 15) is 4.79 Å². The molecule has 0 atom stereocenters. The third kappa shape index (κ3) is 9.00. The van der Waals surface area contributed by atoms with E-state index in [0.29, 0.717) is 6.54 Å². The molecule has 19 heavy (non-hydrogen) atoms. The first-order valence-electron chi connectivity index (χ1n) is 8.02. The van der Waals surface area contributed by atoms with Crippen LogP contribution in [0.1, 0.15) is 51.9 Å². The van der Waals surface area contributed by atoms with E-state index in [1.165, 1.54) is 32.1 Å². The van der Waals surface area contributed by atoms with Crippen molar-refractivity contribution in [1.29, 1.82) is 0 Å². The maximum Gasteiger partial charge on any atom is 0.234 e. The molecule has 1 amide bonds. The number of hydrogen-bond acceptors (Lipinski definition) is 3. The SMILES string of the molecule is CCCCCCCCNC(=O)CN1CCCNCC1. The summed E-state index contributed by atoms with van der Waals surface area (Å²) in [6, 6.07) is 0. The first kappa shape index (κ1) is 16.4. The van der Waals surface area contributed by atoms with Crippen molar-refractivity contribution in [2.24, 2.45) is 0 Å². The second kappa shape index (κ2) is 11.2. The topological polar surface area (TPSA) is 44.4 Å². The highest BCUT2D eigenvalue weighted by atomic mass is 16.2. The Bertz CT molecular complexity index is 225. The zero-order valence-corrected chi connectivity index (χ0v) is 12.5. The number of carbonyl (C=O) groups excluding carboxylic acids is 1. The second-order valence-corrected chi connectivity index (χ2v) is 5.50. The second-order valence-electron chi connectivity index (χ2n) is 5.50. The van der Waals surface area contributed by atoms with Crippen LogP contribution in [0, 0.1) is 0 Å². The van der Waals surface area contributed by atoms with Gasteiger partial charge in [0.2, 0.25) is 5.91 Å². The zero-order valence-electron chi connectivity index (χ0n) is 12.5. The van der Waals surface area contributed by atoms with E-state index in [-0.39, 0.29) is 5.91 Å². The molecule has 4 heteroatoms. The van der Waals surface area contributed by atoms with Crippen molar-refractivity contribution in [3.8, 4) is 0 Å². The van der Waals surface area contributed by atoms with Gasteiger partial charge >= 0.3 is 0 Å². The van der Waals surface area contributed by atoms with E-state index in [2.05, 4.69) is 22.5 Å². The van der Waals surface area contributed by atoms with Gasteiger partial charge in [-0.1, -0.05) is 39.0 Å². The van der Waals surface area contributed by atoms with Gasteiger partial charge in [-0.05, 0) is 25.9 Å². The van der Waals surface area contributed by atoms with Crippen molar-refractivity contribution in [3.05, 3.63) is 0 Å². The normalized spacial score (nSPS) is 17.1. The Labute approximate surface area is 118 Å². The number of nitrogens with zero attached hydrogens (tertiary/aromatic N) is 1. The molecular formula is C15H31N3O. The number of rotatable bonds is 9. The van der Waals surface area contributed by atoms with Crippen LogP contribution in [0.15, 0.2) is 0 Å². The molecule has 1 fully saturated rings. The lowest BCUT2D eigenvalue weighted by molar-refractivity contribution is -0.122. The maximum absolute atomic E-state index is 11.8. The van der Waals surface area contributed by atoms with Gasteiger partial charge in [0.05, 0.1) is 6.54 Å². The van der Waals surface area contributed by atoms with Crippen molar-refractivity contribution in [1.82, 2.24) is 15.5 Å². The third-order valence-electron chi connectivity index (χ3n) is 3.65. The van der Waals surface area contributed by atoms with E-state index in [1.807, 2.05) is 0 Å². The average Bonchev–Trinajstić information content (AvgIpc) is 2.66. The van der Waals surface area contributed by atoms with E-state index in [1.54, 1.807) is 0 Å². The lowest BCUT2D eigenvalue weighted by Crippen LogP contribution is -2.39. The lowest BCUT2D eigenvalue weighted by Gasteiger charge is -2.18.